The molecule has 4 nitrogen and oxygen atoms in total. The number of hydrogen-bond donors (Lipinski definition) is 1. The number of carboxylic acid groups (broad SMARTS) is 1. The van der Waals surface area contributed by atoms with Crippen LogP contribution in [0.5, 0.6) is 5.75 Å². The number of carbonyl (C=O) groups is 1. The number of nitrogens with zero attached hydrogens (tertiary/aromatic N) is 1. The second kappa shape index (κ2) is 3.98. The van der Waals surface area contributed by atoms with E-state index >= 15 is 0 Å². The second-order valence-electron chi connectivity index (χ2n) is 3.18. The van der Waals surface area contributed by atoms with Crippen molar-refractivity contribution in [1.29, 1.82) is 0 Å². The number of pyridine rings is 1. The van der Waals surface area contributed by atoms with Crippen molar-refractivity contribution in [2.24, 2.45) is 0 Å². The standard InChI is InChI=1S/C11H8ClNO3/c1-16-10-5-9-6(4-7(10)12)2-3-8(13-9)11(14)15/h2-5H,1H3,(H,14,15). The number of fused-ring (bicyclic) bond motifs is 1. The number of aromatic carboxylic acids is 1. The number of rotatable bonds is 2. The van der Waals surface area contributed by atoms with Gasteiger partial charge in [-0.2, -0.15) is 0 Å². The predicted molar refractivity (Wildman–Crippen MR) is 60.3 cm³/mol. The van der Waals surface area contributed by atoms with Crippen molar-refractivity contribution in [2.75, 3.05) is 7.11 Å². The van der Waals surface area contributed by atoms with Crippen molar-refractivity contribution in [3.63, 3.8) is 0 Å². The third-order valence-electron chi connectivity index (χ3n) is 2.18. The number of aromatic nitrogens is 1. The molecule has 2 rings (SSSR count). The first kappa shape index (κ1) is 10.7. The Morgan fingerprint density at radius 3 is 2.81 bits per heavy atom. The average molecular weight is 238 g/mol. The number of halogens is 1. The summed E-state index contributed by atoms with van der Waals surface area (Å²) in [6.07, 6.45) is 0. The summed E-state index contributed by atoms with van der Waals surface area (Å²) in [4.78, 5) is 14.7. The van der Waals surface area contributed by atoms with Gasteiger partial charge in [-0.05, 0) is 12.1 Å². The molecule has 1 heterocycles. The highest BCUT2D eigenvalue weighted by Gasteiger charge is 2.08. The lowest BCUT2D eigenvalue weighted by Gasteiger charge is -2.05. The van der Waals surface area contributed by atoms with Gasteiger partial charge in [-0.25, -0.2) is 9.78 Å². The lowest BCUT2D eigenvalue weighted by atomic mass is 10.2. The maximum Gasteiger partial charge on any atom is 0.354 e. The fraction of sp³-hybridized carbons (Fsp3) is 0.0909. The second-order valence-corrected chi connectivity index (χ2v) is 3.59. The summed E-state index contributed by atoms with van der Waals surface area (Å²) in [5, 5.41) is 10.1. The number of methoxy groups -OCH3 is 1. The Labute approximate surface area is 96.4 Å². The Bertz CT molecular complexity index is 568. The van der Waals surface area contributed by atoms with Gasteiger partial charge in [0.25, 0.3) is 0 Å². The monoisotopic (exact) mass is 237 g/mol. The number of carboxylic acids is 1. The van der Waals surface area contributed by atoms with E-state index in [0.717, 1.165) is 5.39 Å². The zero-order valence-electron chi connectivity index (χ0n) is 8.40. The summed E-state index contributed by atoms with van der Waals surface area (Å²) in [5.41, 5.74) is 0.540. The molecule has 0 atom stereocenters. The van der Waals surface area contributed by atoms with Gasteiger partial charge >= 0.3 is 5.97 Å². The molecule has 0 radical (unpaired) electrons. The van der Waals surface area contributed by atoms with E-state index in [1.54, 1.807) is 18.2 Å². The molecule has 0 bridgehead atoms. The quantitative estimate of drug-likeness (QED) is 0.872. The Balaban J connectivity index is 2.68. The van der Waals surface area contributed by atoms with Crippen LogP contribution in [0.4, 0.5) is 0 Å². The minimum Gasteiger partial charge on any atom is -0.495 e. The molecule has 2 aromatic rings. The largest absolute Gasteiger partial charge is 0.495 e. The first-order valence-corrected chi connectivity index (χ1v) is 4.87. The van der Waals surface area contributed by atoms with Crippen molar-refractivity contribution in [3.8, 4) is 5.75 Å². The maximum atomic E-state index is 10.7. The highest BCUT2D eigenvalue weighted by molar-refractivity contribution is 6.32. The lowest BCUT2D eigenvalue weighted by Crippen LogP contribution is -1.99. The molecule has 0 aliphatic carbocycles. The molecule has 0 unspecified atom stereocenters. The average Bonchev–Trinajstić information content (AvgIpc) is 2.27. The molecule has 0 spiro atoms. The topological polar surface area (TPSA) is 59.4 Å². The van der Waals surface area contributed by atoms with Crippen molar-refractivity contribution in [2.45, 2.75) is 0 Å². The van der Waals surface area contributed by atoms with Crippen molar-refractivity contribution >= 4 is 28.5 Å². The van der Waals surface area contributed by atoms with E-state index in [2.05, 4.69) is 4.98 Å². The molecule has 0 amide bonds. The van der Waals surface area contributed by atoms with Gasteiger partial charge in [0.2, 0.25) is 0 Å². The summed E-state index contributed by atoms with van der Waals surface area (Å²) >= 11 is 5.94. The Hall–Kier alpha value is -1.81. The van der Waals surface area contributed by atoms with Crippen molar-refractivity contribution in [3.05, 3.63) is 35.0 Å². The third-order valence-corrected chi connectivity index (χ3v) is 2.48. The molecular formula is C11H8ClNO3. The van der Waals surface area contributed by atoms with Crippen LogP contribution in [0.3, 0.4) is 0 Å². The minimum atomic E-state index is -1.06. The molecule has 0 aliphatic rings. The zero-order chi connectivity index (χ0) is 11.7. The molecule has 0 fully saturated rings. The van der Waals surface area contributed by atoms with Crippen LogP contribution in [0, 0.1) is 0 Å². The van der Waals surface area contributed by atoms with Crippen molar-refractivity contribution in [1.82, 2.24) is 4.98 Å². The van der Waals surface area contributed by atoms with Crippen LogP contribution in [-0.2, 0) is 0 Å². The van der Waals surface area contributed by atoms with Crippen LogP contribution in [0.15, 0.2) is 24.3 Å². The zero-order valence-corrected chi connectivity index (χ0v) is 9.15. The summed E-state index contributed by atoms with van der Waals surface area (Å²) in [5.74, 6) is -0.583. The van der Waals surface area contributed by atoms with Crippen LogP contribution >= 0.6 is 11.6 Å². The lowest BCUT2D eigenvalue weighted by molar-refractivity contribution is 0.0691. The van der Waals surface area contributed by atoms with Gasteiger partial charge in [-0.15, -0.1) is 0 Å². The van der Waals surface area contributed by atoms with E-state index in [0.29, 0.717) is 16.3 Å². The van der Waals surface area contributed by atoms with E-state index in [9.17, 15) is 4.79 Å². The SMILES string of the molecule is COc1cc2nc(C(=O)O)ccc2cc1Cl. The molecule has 1 aromatic carbocycles. The molecule has 16 heavy (non-hydrogen) atoms. The van der Waals surface area contributed by atoms with Gasteiger partial charge < -0.3 is 9.84 Å². The minimum absolute atomic E-state index is 0.00289. The van der Waals surface area contributed by atoms with E-state index in [-0.39, 0.29) is 5.69 Å². The molecule has 1 N–H and O–H groups in total. The van der Waals surface area contributed by atoms with E-state index in [4.69, 9.17) is 21.4 Å². The Morgan fingerprint density at radius 2 is 2.19 bits per heavy atom. The number of benzene rings is 1. The van der Waals surface area contributed by atoms with Crippen LogP contribution < -0.4 is 4.74 Å². The van der Waals surface area contributed by atoms with Gasteiger partial charge in [-0.1, -0.05) is 17.7 Å². The third kappa shape index (κ3) is 1.79. The Morgan fingerprint density at radius 1 is 1.44 bits per heavy atom. The number of ether oxygens (including phenoxy) is 1. The van der Waals surface area contributed by atoms with Gasteiger partial charge in [0.1, 0.15) is 11.4 Å². The van der Waals surface area contributed by atoms with E-state index < -0.39 is 5.97 Å². The molecule has 0 aliphatic heterocycles. The van der Waals surface area contributed by atoms with Crippen LogP contribution in [-0.4, -0.2) is 23.2 Å². The molecule has 1 aromatic heterocycles. The molecule has 0 saturated heterocycles. The summed E-state index contributed by atoms with van der Waals surface area (Å²) < 4.78 is 5.03. The first-order valence-electron chi connectivity index (χ1n) is 4.49. The van der Waals surface area contributed by atoms with Gasteiger partial charge in [0, 0.05) is 11.5 Å². The molecular weight excluding hydrogens is 230 g/mol. The molecule has 5 heteroatoms. The van der Waals surface area contributed by atoms with E-state index in [1.807, 2.05) is 0 Å². The normalized spacial score (nSPS) is 10.4. The van der Waals surface area contributed by atoms with Gasteiger partial charge in [0.05, 0.1) is 17.6 Å². The fourth-order valence-electron chi connectivity index (χ4n) is 1.40. The van der Waals surface area contributed by atoms with Crippen LogP contribution in [0.2, 0.25) is 5.02 Å². The Kier molecular flexibility index (Phi) is 2.66. The van der Waals surface area contributed by atoms with E-state index in [1.165, 1.54) is 13.2 Å². The van der Waals surface area contributed by atoms with Gasteiger partial charge in [-0.3, -0.25) is 0 Å². The maximum absolute atomic E-state index is 10.7. The highest BCUT2D eigenvalue weighted by Crippen LogP contribution is 2.28. The number of hydrogen-bond acceptors (Lipinski definition) is 3. The van der Waals surface area contributed by atoms with Crippen molar-refractivity contribution < 1.29 is 14.6 Å². The molecule has 82 valence electrons. The smallest absolute Gasteiger partial charge is 0.354 e. The summed E-state index contributed by atoms with van der Waals surface area (Å²) in [6, 6.07) is 6.41. The molecule has 0 saturated carbocycles. The van der Waals surface area contributed by atoms with Crippen LogP contribution in [0.1, 0.15) is 10.5 Å². The van der Waals surface area contributed by atoms with Gasteiger partial charge in [0.15, 0.2) is 0 Å². The summed E-state index contributed by atoms with van der Waals surface area (Å²) in [7, 11) is 1.49. The predicted octanol–water partition coefficient (Wildman–Crippen LogP) is 2.60. The van der Waals surface area contributed by atoms with Crippen LogP contribution in [0.25, 0.3) is 10.9 Å². The summed E-state index contributed by atoms with van der Waals surface area (Å²) in [6.45, 7) is 0. The highest BCUT2D eigenvalue weighted by atomic mass is 35.5. The fourth-order valence-corrected chi connectivity index (χ4v) is 1.65. The first-order chi connectivity index (χ1) is 7.61.